The molecule has 28 heavy (non-hydrogen) atoms. The van der Waals surface area contributed by atoms with Gasteiger partial charge >= 0.3 is 0 Å². The topological polar surface area (TPSA) is 52.8 Å². The molecule has 0 aromatic heterocycles. The Morgan fingerprint density at radius 2 is 1.43 bits per heavy atom. The number of hydrogen-bond donors (Lipinski definition) is 2. The van der Waals surface area contributed by atoms with Crippen LogP contribution in [0.3, 0.4) is 0 Å². The average Bonchev–Trinajstić information content (AvgIpc) is 2.68. The first-order valence-electron chi connectivity index (χ1n) is 10.9. The lowest BCUT2D eigenvalue weighted by Gasteiger charge is -2.12. The number of phenolic OH excluding ortho intramolecular Hbond substituents is 2. The molecule has 3 nitrogen and oxygen atoms in total. The van der Waals surface area contributed by atoms with Crippen LogP contribution in [0.4, 0.5) is 0 Å². The Bertz CT molecular complexity index is 619. The molecule has 0 fully saturated rings. The molecule has 0 radical (unpaired) electrons. The van der Waals surface area contributed by atoms with Gasteiger partial charge in [-0.25, -0.2) is 0 Å². The monoisotopic (exact) mass is 385 g/mol. The zero-order valence-corrected chi connectivity index (χ0v) is 17.8. The van der Waals surface area contributed by atoms with Crippen LogP contribution in [0.5, 0.6) is 11.5 Å². The average molecular weight is 386 g/mol. The fourth-order valence-electron chi connectivity index (χ4n) is 3.43. The van der Waals surface area contributed by atoms with Gasteiger partial charge in [-0.3, -0.25) is 4.99 Å². The van der Waals surface area contributed by atoms with Gasteiger partial charge < -0.3 is 10.2 Å². The fraction of sp³-hybridized carbons (Fsp3) is 0.560. The fourth-order valence-corrected chi connectivity index (χ4v) is 3.43. The van der Waals surface area contributed by atoms with Gasteiger partial charge in [0, 0.05) is 29.4 Å². The Hall–Kier alpha value is -2.03. The van der Waals surface area contributed by atoms with E-state index in [-0.39, 0.29) is 11.5 Å². The van der Waals surface area contributed by atoms with Gasteiger partial charge in [0.25, 0.3) is 0 Å². The van der Waals surface area contributed by atoms with Gasteiger partial charge in [0.1, 0.15) is 11.5 Å². The molecule has 0 spiro atoms. The SMILES string of the molecule is C=CCc1cc(O)c(CC=C)c(C=NCCCCCCCCCCCC)c1O. The Morgan fingerprint density at radius 1 is 0.857 bits per heavy atom. The van der Waals surface area contributed by atoms with E-state index >= 15 is 0 Å². The molecule has 0 aliphatic heterocycles. The van der Waals surface area contributed by atoms with E-state index in [9.17, 15) is 10.2 Å². The maximum Gasteiger partial charge on any atom is 0.128 e. The van der Waals surface area contributed by atoms with Gasteiger partial charge in [-0.05, 0) is 25.3 Å². The predicted octanol–water partition coefficient (Wildman–Crippen LogP) is 6.89. The number of aromatic hydroxyl groups is 2. The van der Waals surface area contributed by atoms with Crippen molar-refractivity contribution in [3.8, 4) is 11.5 Å². The lowest BCUT2D eigenvalue weighted by molar-refractivity contribution is 0.450. The van der Waals surface area contributed by atoms with E-state index in [0.717, 1.165) is 13.0 Å². The van der Waals surface area contributed by atoms with Crippen molar-refractivity contribution in [2.45, 2.75) is 84.0 Å². The normalized spacial score (nSPS) is 11.2. The summed E-state index contributed by atoms with van der Waals surface area (Å²) in [6, 6.07) is 1.61. The molecule has 0 aliphatic carbocycles. The zero-order chi connectivity index (χ0) is 20.6. The van der Waals surface area contributed by atoms with Crippen LogP contribution in [0.1, 0.15) is 87.8 Å². The van der Waals surface area contributed by atoms with Crippen molar-refractivity contribution in [3.63, 3.8) is 0 Å². The lowest BCUT2D eigenvalue weighted by atomic mass is 9.97. The molecule has 1 aromatic rings. The van der Waals surface area contributed by atoms with Gasteiger partial charge in [-0.1, -0.05) is 76.9 Å². The summed E-state index contributed by atoms with van der Waals surface area (Å²) in [6.45, 7) is 10.4. The number of allylic oxidation sites excluding steroid dienone is 2. The lowest BCUT2D eigenvalue weighted by Crippen LogP contribution is -1.98. The molecule has 0 aliphatic rings. The molecule has 0 amide bonds. The summed E-state index contributed by atoms with van der Waals surface area (Å²) in [4.78, 5) is 4.50. The highest BCUT2D eigenvalue weighted by atomic mass is 16.3. The Balaban J connectivity index is 2.44. The van der Waals surface area contributed by atoms with Gasteiger partial charge in [0.15, 0.2) is 0 Å². The van der Waals surface area contributed by atoms with E-state index in [1.807, 2.05) is 0 Å². The minimum atomic E-state index is 0.176. The Morgan fingerprint density at radius 3 is 2.00 bits per heavy atom. The summed E-state index contributed by atoms with van der Waals surface area (Å²) < 4.78 is 0. The molecule has 0 saturated carbocycles. The minimum Gasteiger partial charge on any atom is -0.508 e. The number of aliphatic imine (C=N–C) groups is 1. The first kappa shape index (κ1) is 24.0. The molecule has 156 valence electrons. The van der Waals surface area contributed by atoms with Gasteiger partial charge in [0.05, 0.1) is 0 Å². The number of hydrogen-bond acceptors (Lipinski definition) is 3. The number of rotatable bonds is 16. The van der Waals surface area contributed by atoms with Crippen molar-refractivity contribution in [3.05, 3.63) is 48.1 Å². The second kappa shape index (κ2) is 15.0. The summed E-state index contributed by atoms with van der Waals surface area (Å²) in [6.07, 6.45) is 19.1. The first-order valence-corrected chi connectivity index (χ1v) is 10.9. The smallest absolute Gasteiger partial charge is 0.128 e. The summed E-state index contributed by atoms with van der Waals surface area (Å²) in [7, 11) is 0. The van der Waals surface area contributed by atoms with E-state index < -0.39 is 0 Å². The van der Waals surface area contributed by atoms with Crippen molar-refractivity contribution in [2.24, 2.45) is 4.99 Å². The van der Waals surface area contributed by atoms with Crippen LogP contribution in [0.15, 0.2) is 36.4 Å². The molecule has 0 saturated heterocycles. The predicted molar refractivity (Wildman–Crippen MR) is 122 cm³/mol. The number of benzene rings is 1. The van der Waals surface area contributed by atoms with Crippen LogP contribution in [0.2, 0.25) is 0 Å². The van der Waals surface area contributed by atoms with E-state index in [4.69, 9.17) is 0 Å². The molecule has 0 heterocycles. The second-order valence-corrected chi connectivity index (χ2v) is 7.50. The van der Waals surface area contributed by atoms with E-state index in [1.165, 1.54) is 57.8 Å². The minimum absolute atomic E-state index is 0.176. The number of nitrogens with zero attached hydrogens (tertiary/aromatic N) is 1. The molecule has 2 N–H and O–H groups in total. The van der Waals surface area contributed by atoms with Crippen molar-refractivity contribution >= 4 is 6.21 Å². The van der Waals surface area contributed by atoms with E-state index in [2.05, 4.69) is 25.1 Å². The highest BCUT2D eigenvalue weighted by molar-refractivity contribution is 5.87. The highest BCUT2D eigenvalue weighted by Crippen LogP contribution is 2.33. The zero-order valence-electron chi connectivity index (χ0n) is 17.8. The molecule has 1 aromatic carbocycles. The van der Waals surface area contributed by atoms with Gasteiger partial charge in [0.2, 0.25) is 0 Å². The number of unbranched alkanes of at least 4 members (excludes halogenated alkanes) is 9. The van der Waals surface area contributed by atoms with Crippen LogP contribution < -0.4 is 0 Å². The molecule has 0 atom stereocenters. The quantitative estimate of drug-likeness (QED) is 0.141. The first-order chi connectivity index (χ1) is 13.7. The van der Waals surface area contributed by atoms with Crippen molar-refractivity contribution in [1.29, 1.82) is 0 Å². The maximum atomic E-state index is 10.5. The summed E-state index contributed by atoms with van der Waals surface area (Å²) in [5, 5.41) is 20.8. The standard InChI is InChI=1S/C25H39NO2/c1-4-7-8-9-10-11-12-13-14-15-18-26-20-23-22(17-6-3)24(27)19-21(16-5-2)25(23)28/h5-6,19-20,27-28H,2-4,7-18H2,1H3. The Labute approximate surface area is 171 Å². The van der Waals surface area contributed by atoms with Crippen LogP contribution in [0.25, 0.3) is 0 Å². The molecule has 3 heteroatoms. The molecular formula is C25H39NO2. The van der Waals surface area contributed by atoms with Crippen LogP contribution >= 0.6 is 0 Å². The molecule has 1 rings (SSSR count). The summed E-state index contributed by atoms with van der Waals surface area (Å²) in [5.41, 5.74) is 1.94. The summed E-state index contributed by atoms with van der Waals surface area (Å²) in [5.74, 6) is 0.358. The molecule has 0 unspecified atom stereocenters. The summed E-state index contributed by atoms with van der Waals surface area (Å²) >= 11 is 0. The maximum absolute atomic E-state index is 10.5. The number of phenols is 2. The van der Waals surface area contributed by atoms with E-state index in [1.54, 1.807) is 24.4 Å². The van der Waals surface area contributed by atoms with E-state index in [0.29, 0.717) is 29.5 Å². The van der Waals surface area contributed by atoms with Crippen LogP contribution in [0, 0.1) is 0 Å². The van der Waals surface area contributed by atoms with Crippen molar-refractivity contribution in [1.82, 2.24) is 0 Å². The molecule has 0 bridgehead atoms. The van der Waals surface area contributed by atoms with Crippen molar-refractivity contribution in [2.75, 3.05) is 6.54 Å². The van der Waals surface area contributed by atoms with Gasteiger partial charge in [-0.2, -0.15) is 0 Å². The third kappa shape index (κ3) is 8.77. The third-order valence-corrected chi connectivity index (χ3v) is 5.08. The van der Waals surface area contributed by atoms with Crippen LogP contribution in [-0.4, -0.2) is 23.0 Å². The largest absolute Gasteiger partial charge is 0.508 e. The highest BCUT2D eigenvalue weighted by Gasteiger charge is 2.14. The Kier molecular flexibility index (Phi) is 12.8. The van der Waals surface area contributed by atoms with Gasteiger partial charge in [-0.15, -0.1) is 13.2 Å². The van der Waals surface area contributed by atoms with Crippen LogP contribution in [-0.2, 0) is 12.8 Å². The van der Waals surface area contributed by atoms with Crippen molar-refractivity contribution < 1.29 is 10.2 Å². The molecular weight excluding hydrogens is 346 g/mol. The second-order valence-electron chi connectivity index (χ2n) is 7.50. The third-order valence-electron chi connectivity index (χ3n) is 5.08.